The van der Waals surface area contributed by atoms with E-state index in [2.05, 4.69) is 10.4 Å². The number of hydrogen-bond acceptors (Lipinski definition) is 6. The monoisotopic (exact) mass is 507 g/mol. The third kappa shape index (κ3) is 4.90. The summed E-state index contributed by atoms with van der Waals surface area (Å²) in [6.07, 6.45) is 6.20. The van der Waals surface area contributed by atoms with Crippen LogP contribution in [0.4, 0.5) is 10.5 Å². The van der Waals surface area contributed by atoms with Crippen LogP contribution in [0.3, 0.4) is 0 Å². The maximum absolute atomic E-state index is 13.4. The van der Waals surface area contributed by atoms with Gasteiger partial charge in [0, 0.05) is 63.0 Å². The Bertz CT molecular complexity index is 1320. The normalized spacial score (nSPS) is 19.2. The molecule has 5 rings (SSSR count). The summed E-state index contributed by atoms with van der Waals surface area (Å²) >= 11 is 0. The predicted molar refractivity (Wildman–Crippen MR) is 137 cm³/mol. The number of aromatic nitrogens is 4. The van der Waals surface area contributed by atoms with Crippen molar-refractivity contribution in [2.75, 3.05) is 25.1 Å². The molecule has 0 spiro atoms. The van der Waals surface area contributed by atoms with E-state index >= 15 is 0 Å². The van der Waals surface area contributed by atoms with E-state index in [1.54, 1.807) is 11.1 Å². The minimum Gasteiger partial charge on any atom is -0.452 e. The number of carbonyl (C=O) groups is 3. The van der Waals surface area contributed by atoms with Crippen molar-refractivity contribution in [1.29, 1.82) is 0 Å². The first-order valence-corrected chi connectivity index (χ1v) is 12.8. The smallest absolute Gasteiger partial charge is 0.414 e. The van der Waals surface area contributed by atoms with Gasteiger partial charge in [0.2, 0.25) is 11.8 Å². The number of carbonyl (C=O) groups excluding carboxylic acids is 3. The fraction of sp³-hybridized carbons (Fsp3) is 0.500. The summed E-state index contributed by atoms with van der Waals surface area (Å²) in [6.45, 7) is 5.42. The second-order valence-electron chi connectivity index (χ2n) is 9.82. The molecule has 0 radical (unpaired) electrons. The summed E-state index contributed by atoms with van der Waals surface area (Å²) in [5.74, 6) is 0.712. The maximum atomic E-state index is 13.4. The molecular formula is C26H33N7O4. The van der Waals surface area contributed by atoms with E-state index < -0.39 is 0 Å². The van der Waals surface area contributed by atoms with Gasteiger partial charge in [-0.3, -0.25) is 19.2 Å². The second kappa shape index (κ2) is 10.2. The number of benzene rings is 1. The third-order valence-electron chi connectivity index (χ3n) is 7.33. The Balaban J connectivity index is 1.48. The molecule has 1 saturated heterocycles. The van der Waals surface area contributed by atoms with Crippen LogP contribution < -0.4 is 10.2 Å². The maximum Gasteiger partial charge on any atom is 0.414 e. The quantitative estimate of drug-likeness (QED) is 0.547. The lowest BCUT2D eigenvalue weighted by Crippen LogP contribution is -2.42. The molecule has 3 aromatic rings. The number of anilines is 1. The number of fused-ring (bicyclic) bond motifs is 3. The first-order chi connectivity index (χ1) is 17.9. The predicted octanol–water partition coefficient (Wildman–Crippen LogP) is 2.12. The van der Waals surface area contributed by atoms with Gasteiger partial charge < -0.3 is 19.5 Å². The fourth-order valence-corrected chi connectivity index (χ4v) is 5.49. The highest BCUT2D eigenvalue weighted by atomic mass is 16.5. The lowest BCUT2D eigenvalue weighted by atomic mass is 9.96. The van der Waals surface area contributed by atoms with Gasteiger partial charge in [-0.15, -0.1) is 0 Å². The number of amides is 3. The molecule has 0 saturated carbocycles. The summed E-state index contributed by atoms with van der Waals surface area (Å²) in [5.41, 5.74) is 3.50. The van der Waals surface area contributed by atoms with Crippen molar-refractivity contribution in [2.45, 2.75) is 64.7 Å². The molecule has 2 atom stereocenters. The van der Waals surface area contributed by atoms with Crippen LogP contribution in [-0.4, -0.2) is 74.4 Å². The number of nitrogens with zero attached hydrogens (tertiary/aromatic N) is 6. The largest absolute Gasteiger partial charge is 0.452 e. The van der Waals surface area contributed by atoms with Crippen molar-refractivity contribution in [3.05, 3.63) is 42.0 Å². The molecule has 11 heteroatoms. The first-order valence-electron chi connectivity index (χ1n) is 12.8. The average molecular weight is 508 g/mol. The Kier molecular flexibility index (Phi) is 6.86. The minimum atomic E-state index is -0.385. The third-order valence-corrected chi connectivity index (χ3v) is 7.33. The van der Waals surface area contributed by atoms with Gasteiger partial charge in [0.1, 0.15) is 12.4 Å². The van der Waals surface area contributed by atoms with Crippen LogP contribution in [0.5, 0.6) is 0 Å². The highest BCUT2D eigenvalue weighted by molar-refractivity contribution is 5.95. The Morgan fingerprint density at radius 2 is 2.05 bits per heavy atom. The molecule has 2 aliphatic rings. The summed E-state index contributed by atoms with van der Waals surface area (Å²) in [6, 6.07) is 5.77. The van der Waals surface area contributed by atoms with E-state index in [0.29, 0.717) is 26.1 Å². The van der Waals surface area contributed by atoms with Crippen molar-refractivity contribution >= 4 is 34.6 Å². The zero-order valence-electron chi connectivity index (χ0n) is 21.5. The summed E-state index contributed by atoms with van der Waals surface area (Å²) in [4.78, 5) is 45.9. The Labute approximate surface area is 215 Å². The Hall–Kier alpha value is -3.89. The highest BCUT2D eigenvalue weighted by Crippen LogP contribution is 2.36. The molecule has 2 aromatic heterocycles. The van der Waals surface area contributed by atoms with Crippen LogP contribution in [0, 0.1) is 0 Å². The number of methoxy groups -OCH3 is 1. The number of ether oxygens (including phenoxy) is 1. The van der Waals surface area contributed by atoms with Gasteiger partial charge in [-0.05, 0) is 44.4 Å². The highest BCUT2D eigenvalue weighted by Gasteiger charge is 2.32. The number of hydrogen-bond donors (Lipinski definition) is 1. The molecule has 1 aromatic carbocycles. The van der Waals surface area contributed by atoms with Crippen molar-refractivity contribution in [3.63, 3.8) is 0 Å². The van der Waals surface area contributed by atoms with E-state index in [-0.39, 0.29) is 36.5 Å². The van der Waals surface area contributed by atoms with E-state index in [4.69, 9.17) is 9.72 Å². The number of imidazole rings is 1. The van der Waals surface area contributed by atoms with Crippen molar-refractivity contribution in [3.8, 4) is 0 Å². The fourth-order valence-electron chi connectivity index (χ4n) is 5.49. The topological polar surface area (TPSA) is 115 Å². The van der Waals surface area contributed by atoms with Gasteiger partial charge in [0.15, 0.2) is 0 Å². The molecule has 0 aliphatic carbocycles. The molecule has 37 heavy (non-hydrogen) atoms. The molecule has 1 fully saturated rings. The van der Waals surface area contributed by atoms with E-state index in [1.165, 1.54) is 14.0 Å². The minimum absolute atomic E-state index is 0.00461. The van der Waals surface area contributed by atoms with Gasteiger partial charge in [-0.25, -0.2) is 9.78 Å². The average Bonchev–Trinajstić information content (AvgIpc) is 3.62. The van der Waals surface area contributed by atoms with Gasteiger partial charge >= 0.3 is 6.09 Å². The molecular weight excluding hydrogens is 474 g/mol. The van der Waals surface area contributed by atoms with Gasteiger partial charge in [-0.1, -0.05) is 0 Å². The van der Waals surface area contributed by atoms with E-state index in [1.807, 2.05) is 45.5 Å². The van der Waals surface area contributed by atoms with E-state index in [9.17, 15) is 14.4 Å². The Morgan fingerprint density at radius 1 is 1.22 bits per heavy atom. The Morgan fingerprint density at radius 3 is 2.78 bits per heavy atom. The zero-order valence-corrected chi connectivity index (χ0v) is 21.5. The molecule has 1 N–H and O–H groups in total. The van der Waals surface area contributed by atoms with Gasteiger partial charge in [-0.2, -0.15) is 5.10 Å². The summed E-state index contributed by atoms with van der Waals surface area (Å²) in [7, 11) is 1.39. The van der Waals surface area contributed by atoms with Crippen molar-refractivity contribution in [1.82, 2.24) is 29.5 Å². The molecule has 3 amide bonds. The SMILES string of the molecule is COC(=O)N1c2ccc3c(nc(CCn4cccn4)n3CC(=O)N3CC[C@@H](NC(C)=O)C3)c2CC[C@@H]1C. The van der Waals surface area contributed by atoms with Crippen LogP contribution in [-0.2, 0) is 40.3 Å². The molecule has 4 heterocycles. The molecule has 0 bridgehead atoms. The molecule has 11 nitrogen and oxygen atoms in total. The molecule has 0 unspecified atom stereocenters. The van der Waals surface area contributed by atoms with Crippen molar-refractivity contribution in [2.24, 2.45) is 0 Å². The second-order valence-corrected chi connectivity index (χ2v) is 9.82. The van der Waals surface area contributed by atoms with Gasteiger partial charge in [0.05, 0.1) is 23.8 Å². The molecule has 2 aliphatic heterocycles. The molecule has 196 valence electrons. The van der Waals surface area contributed by atoms with Gasteiger partial charge in [0.25, 0.3) is 0 Å². The van der Waals surface area contributed by atoms with Crippen LogP contribution in [0.1, 0.15) is 38.1 Å². The number of nitrogens with one attached hydrogen (secondary N) is 1. The standard InChI is InChI=1S/C26H33N7O4/c1-17-5-6-20-21(33(17)26(36)37-3)7-8-22-25(20)29-23(10-14-31-12-4-11-27-31)32(22)16-24(35)30-13-9-19(15-30)28-18(2)34/h4,7-8,11-12,17,19H,5-6,9-10,13-16H2,1-3H3,(H,28,34)/t17-,19+/m0/s1. The first kappa shape index (κ1) is 24.8. The lowest BCUT2D eigenvalue weighted by molar-refractivity contribution is -0.131. The van der Waals surface area contributed by atoms with Crippen LogP contribution >= 0.6 is 0 Å². The van der Waals surface area contributed by atoms with Crippen LogP contribution in [0.15, 0.2) is 30.6 Å². The summed E-state index contributed by atoms with van der Waals surface area (Å²) in [5, 5.41) is 7.21. The number of aryl methyl sites for hydroxylation is 3. The zero-order chi connectivity index (χ0) is 26.1. The van der Waals surface area contributed by atoms with Crippen molar-refractivity contribution < 1.29 is 19.1 Å². The lowest BCUT2D eigenvalue weighted by Gasteiger charge is -2.34. The van der Waals surface area contributed by atoms with E-state index in [0.717, 1.165) is 47.4 Å². The summed E-state index contributed by atoms with van der Waals surface area (Å²) < 4.78 is 8.90. The number of likely N-dealkylation sites (tertiary alicyclic amines) is 1. The van der Waals surface area contributed by atoms with Crippen LogP contribution in [0.25, 0.3) is 11.0 Å². The number of rotatable bonds is 6. The van der Waals surface area contributed by atoms with Crippen LogP contribution in [0.2, 0.25) is 0 Å².